The zero-order valence-electron chi connectivity index (χ0n) is 11.3. The molecule has 1 N–H and O–H groups in total. The van der Waals surface area contributed by atoms with E-state index in [9.17, 15) is 9.59 Å². The average Bonchev–Trinajstić information content (AvgIpc) is 2.40. The van der Waals surface area contributed by atoms with E-state index >= 15 is 0 Å². The van der Waals surface area contributed by atoms with E-state index in [4.69, 9.17) is 0 Å². The first-order valence-electron chi connectivity index (χ1n) is 7.15. The van der Waals surface area contributed by atoms with E-state index in [-0.39, 0.29) is 11.1 Å². The Labute approximate surface area is 120 Å². The smallest absolute Gasteiger partial charge is 0.278 e. The summed E-state index contributed by atoms with van der Waals surface area (Å²) in [6.45, 7) is 3.29. The SMILES string of the molecule is O=C(CN1CCN(C(=O)S)CC1)NC1CCCCC1. The molecule has 19 heavy (non-hydrogen) atoms. The van der Waals surface area contributed by atoms with Crippen LogP contribution in [0.5, 0.6) is 0 Å². The van der Waals surface area contributed by atoms with Gasteiger partial charge in [-0.05, 0) is 12.8 Å². The molecule has 5 nitrogen and oxygen atoms in total. The summed E-state index contributed by atoms with van der Waals surface area (Å²) < 4.78 is 0. The molecule has 2 amide bonds. The molecule has 108 valence electrons. The van der Waals surface area contributed by atoms with Crippen LogP contribution in [0.1, 0.15) is 32.1 Å². The number of carbonyl (C=O) groups excluding carboxylic acids is 2. The van der Waals surface area contributed by atoms with Gasteiger partial charge in [-0.2, -0.15) is 0 Å². The summed E-state index contributed by atoms with van der Waals surface area (Å²) in [5.41, 5.74) is 0. The first-order valence-corrected chi connectivity index (χ1v) is 7.59. The molecule has 0 aromatic carbocycles. The summed E-state index contributed by atoms with van der Waals surface area (Å²) in [7, 11) is 0. The Hall–Kier alpha value is -0.750. The zero-order valence-corrected chi connectivity index (χ0v) is 12.2. The Morgan fingerprint density at radius 1 is 1.05 bits per heavy atom. The van der Waals surface area contributed by atoms with Gasteiger partial charge in [0.15, 0.2) is 0 Å². The van der Waals surface area contributed by atoms with Crippen molar-refractivity contribution in [1.82, 2.24) is 15.1 Å². The predicted molar refractivity (Wildman–Crippen MR) is 77.4 cm³/mol. The minimum absolute atomic E-state index is 0.123. The minimum Gasteiger partial charge on any atom is -0.352 e. The predicted octanol–water partition coefficient (Wildman–Crippen LogP) is 1.10. The lowest BCUT2D eigenvalue weighted by molar-refractivity contribution is -0.123. The van der Waals surface area contributed by atoms with Gasteiger partial charge in [0.2, 0.25) is 5.91 Å². The third kappa shape index (κ3) is 4.69. The Morgan fingerprint density at radius 3 is 2.26 bits per heavy atom. The Balaban J connectivity index is 1.67. The Bertz CT molecular complexity index is 324. The van der Waals surface area contributed by atoms with Crippen molar-refractivity contribution in [3.63, 3.8) is 0 Å². The average molecular weight is 285 g/mol. The van der Waals surface area contributed by atoms with Crippen LogP contribution in [0.2, 0.25) is 0 Å². The highest BCUT2D eigenvalue weighted by Crippen LogP contribution is 2.17. The van der Waals surface area contributed by atoms with Gasteiger partial charge >= 0.3 is 0 Å². The molecule has 0 spiro atoms. The highest BCUT2D eigenvalue weighted by Gasteiger charge is 2.22. The van der Waals surface area contributed by atoms with Gasteiger partial charge in [-0.15, -0.1) is 0 Å². The quantitative estimate of drug-likeness (QED) is 0.764. The maximum atomic E-state index is 11.9. The molecule has 1 aliphatic carbocycles. The summed E-state index contributed by atoms with van der Waals surface area (Å²) >= 11 is 3.82. The summed E-state index contributed by atoms with van der Waals surface area (Å²) in [5.74, 6) is 0.123. The summed E-state index contributed by atoms with van der Waals surface area (Å²) in [4.78, 5) is 26.8. The monoisotopic (exact) mass is 285 g/mol. The van der Waals surface area contributed by atoms with E-state index in [1.54, 1.807) is 4.90 Å². The fraction of sp³-hybridized carbons (Fsp3) is 0.846. The summed E-state index contributed by atoms with van der Waals surface area (Å²) in [6.07, 6.45) is 5.99. The minimum atomic E-state index is -0.175. The number of hydrogen-bond donors (Lipinski definition) is 2. The molecule has 1 heterocycles. The van der Waals surface area contributed by atoms with Crippen LogP contribution in [0.4, 0.5) is 4.79 Å². The maximum Gasteiger partial charge on any atom is 0.278 e. The number of amides is 2. The van der Waals surface area contributed by atoms with Crippen LogP contribution >= 0.6 is 12.6 Å². The number of rotatable bonds is 3. The lowest BCUT2D eigenvalue weighted by Crippen LogP contribution is -2.51. The molecular formula is C13H23N3O2S. The molecule has 1 saturated carbocycles. The Kier molecular flexibility index (Phi) is 5.51. The lowest BCUT2D eigenvalue weighted by atomic mass is 9.95. The third-order valence-electron chi connectivity index (χ3n) is 3.98. The first-order chi connectivity index (χ1) is 9.15. The summed E-state index contributed by atoms with van der Waals surface area (Å²) in [6, 6.07) is 0.376. The van der Waals surface area contributed by atoms with Crippen LogP contribution in [-0.4, -0.2) is 59.7 Å². The second kappa shape index (κ2) is 7.14. The van der Waals surface area contributed by atoms with Crippen molar-refractivity contribution >= 4 is 23.8 Å². The van der Waals surface area contributed by atoms with E-state index < -0.39 is 0 Å². The van der Waals surface area contributed by atoms with E-state index in [1.807, 2.05) is 0 Å². The molecule has 2 fully saturated rings. The molecule has 1 saturated heterocycles. The molecular weight excluding hydrogens is 262 g/mol. The highest BCUT2D eigenvalue weighted by atomic mass is 32.1. The largest absolute Gasteiger partial charge is 0.352 e. The molecule has 1 aliphatic heterocycles. The van der Waals surface area contributed by atoms with E-state index in [2.05, 4.69) is 22.8 Å². The highest BCUT2D eigenvalue weighted by molar-refractivity contribution is 7.96. The number of carbonyl (C=O) groups is 2. The van der Waals surface area contributed by atoms with Crippen LogP contribution < -0.4 is 5.32 Å². The van der Waals surface area contributed by atoms with Crippen molar-refractivity contribution in [2.24, 2.45) is 0 Å². The molecule has 0 atom stereocenters. The van der Waals surface area contributed by atoms with Crippen LogP contribution in [-0.2, 0) is 4.79 Å². The summed E-state index contributed by atoms with van der Waals surface area (Å²) in [5, 5.41) is 2.95. The molecule has 2 rings (SSSR count). The van der Waals surface area contributed by atoms with Crippen molar-refractivity contribution in [2.45, 2.75) is 38.1 Å². The van der Waals surface area contributed by atoms with Gasteiger partial charge in [-0.3, -0.25) is 14.5 Å². The van der Waals surface area contributed by atoms with Crippen LogP contribution in [0.25, 0.3) is 0 Å². The number of nitrogens with zero attached hydrogens (tertiary/aromatic N) is 2. The van der Waals surface area contributed by atoms with Crippen molar-refractivity contribution < 1.29 is 9.59 Å². The van der Waals surface area contributed by atoms with Gasteiger partial charge in [0, 0.05) is 32.2 Å². The molecule has 0 bridgehead atoms. The van der Waals surface area contributed by atoms with Gasteiger partial charge < -0.3 is 10.2 Å². The van der Waals surface area contributed by atoms with Gasteiger partial charge in [-0.1, -0.05) is 31.9 Å². The van der Waals surface area contributed by atoms with E-state index in [0.29, 0.717) is 25.7 Å². The van der Waals surface area contributed by atoms with Gasteiger partial charge in [0.1, 0.15) is 0 Å². The molecule has 0 radical (unpaired) electrons. The lowest BCUT2D eigenvalue weighted by Gasteiger charge is -2.33. The molecule has 2 aliphatic rings. The maximum absolute atomic E-state index is 11.9. The van der Waals surface area contributed by atoms with E-state index in [0.717, 1.165) is 25.9 Å². The van der Waals surface area contributed by atoms with Crippen LogP contribution in [0.3, 0.4) is 0 Å². The molecule has 0 aromatic rings. The van der Waals surface area contributed by atoms with Crippen molar-refractivity contribution in [2.75, 3.05) is 32.7 Å². The Morgan fingerprint density at radius 2 is 1.68 bits per heavy atom. The number of thiol groups is 1. The fourth-order valence-electron chi connectivity index (χ4n) is 2.82. The second-order valence-corrected chi connectivity index (χ2v) is 5.83. The fourth-order valence-corrected chi connectivity index (χ4v) is 3.02. The van der Waals surface area contributed by atoms with Gasteiger partial charge in [0.05, 0.1) is 6.54 Å². The third-order valence-corrected chi connectivity index (χ3v) is 4.26. The standard InChI is InChI=1S/C13H23N3O2S/c17-12(14-11-4-2-1-3-5-11)10-15-6-8-16(9-7-15)13(18)19/h11H,1-10H2,(H,14,17)(H,18,19). The number of nitrogens with one attached hydrogen (secondary N) is 1. The van der Waals surface area contributed by atoms with Gasteiger partial charge in [0.25, 0.3) is 5.24 Å². The molecule has 0 aromatic heterocycles. The molecule has 0 unspecified atom stereocenters. The van der Waals surface area contributed by atoms with Gasteiger partial charge in [-0.25, -0.2) is 0 Å². The zero-order chi connectivity index (χ0) is 13.7. The first kappa shape index (κ1) is 14.7. The molecule has 6 heteroatoms. The topological polar surface area (TPSA) is 52.7 Å². The van der Waals surface area contributed by atoms with Crippen molar-refractivity contribution in [3.05, 3.63) is 0 Å². The number of piperazine rings is 1. The normalized spacial score (nSPS) is 22.3. The van der Waals surface area contributed by atoms with Crippen LogP contribution in [0.15, 0.2) is 0 Å². The van der Waals surface area contributed by atoms with Crippen LogP contribution in [0, 0.1) is 0 Å². The van der Waals surface area contributed by atoms with Crippen molar-refractivity contribution in [1.29, 1.82) is 0 Å². The second-order valence-electron chi connectivity index (χ2n) is 5.45. The number of hydrogen-bond acceptors (Lipinski definition) is 3. The van der Waals surface area contributed by atoms with Crippen molar-refractivity contribution in [3.8, 4) is 0 Å². The van der Waals surface area contributed by atoms with E-state index in [1.165, 1.54) is 19.3 Å².